The number of rotatable bonds is 4. The Morgan fingerprint density at radius 1 is 1.05 bits per heavy atom. The van der Waals surface area contributed by atoms with Crippen LogP contribution in [0.4, 0.5) is 5.82 Å². The molecule has 0 fully saturated rings. The van der Waals surface area contributed by atoms with Crippen molar-refractivity contribution in [3.8, 4) is 22.8 Å². The third-order valence-corrected chi connectivity index (χ3v) is 3.29. The fraction of sp³-hybridized carbons (Fsp3) is 0.200. The Kier molecular flexibility index (Phi) is 3.35. The maximum absolute atomic E-state index is 5.35. The molecule has 1 N–H and O–H groups in total. The van der Waals surface area contributed by atoms with E-state index in [-0.39, 0.29) is 0 Å². The number of methoxy groups -OCH3 is 2. The molecule has 0 unspecified atom stereocenters. The Bertz CT molecular complexity index is 782. The molecule has 0 bridgehead atoms. The Morgan fingerprint density at radius 3 is 2.57 bits per heavy atom. The smallest absolute Gasteiger partial charge is 0.161 e. The molecule has 0 amide bonds. The van der Waals surface area contributed by atoms with Crippen LogP contribution in [0.25, 0.3) is 16.9 Å². The van der Waals surface area contributed by atoms with E-state index in [2.05, 4.69) is 15.4 Å². The van der Waals surface area contributed by atoms with E-state index in [1.807, 2.05) is 37.4 Å². The molecular formula is C15H16N4O2. The van der Waals surface area contributed by atoms with Crippen LogP contribution >= 0.6 is 0 Å². The van der Waals surface area contributed by atoms with Crippen LogP contribution in [0.15, 0.2) is 36.5 Å². The molecule has 1 aromatic carbocycles. The molecule has 21 heavy (non-hydrogen) atoms. The van der Waals surface area contributed by atoms with E-state index in [1.54, 1.807) is 24.9 Å². The Morgan fingerprint density at radius 2 is 1.86 bits per heavy atom. The van der Waals surface area contributed by atoms with Crippen LogP contribution in [0.2, 0.25) is 0 Å². The number of anilines is 1. The summed E-state index contributed by atoms with van der Waals surface area (Å²) in [5.74, 6) is 2.15. The van der Waals surface area contributed by atoms with Gasteiger partial charge in [-0.2, -0.15) is 0 Å². The van der Waals surface area contributed by atoms with Crippen molar-refractivity contribution in [2.24, 2.45) is 0 Å². The fourth-order valence-corrected chi connectivity index (χ4v) is 2.23. The number of nitrogens with zero attached hydrogens (tertiary/aromatic N) is 3. The van der Waals surface area contributed by atoms with Crippen LogP contribution in [-0.2, 0) is 0 Å². The summed E-state index contributed by atoms with van der Waals surface area (Å²) >= 11 is 0. The van der Waals surface area contributed by atoms with Gasteiger partial charge in [0, 0.05) is 24.9 Å². The molecule has 3 aromatic rings. The summed E-state index contributed by atoms with van der Waals surface area (Å²) in [4.78, 5) is 4.32. The van der Waals surface area contributed by atoms with Crippen molar-refractivity contribution >= 4 is 11.5 Å². The molecular weight excluding hydrogens is 268 g/mol. The topological polar surface area (TPSA) is 60.7 Å². The summed E-state index contributed by atoms with van der Waals surface area (Å²) in [6.07, 6.45) is 1.77. The first-order valence-corrected chi connectivity index (χ1v) is 6.51. The van der Waals surface area contributed by atoms with Gasteiger partial charge in [-0.05, 0) is 24.3 Å². The maximum atomic E-state index is 5.35. The van der Waals surface area contributed by atoms with E-state index in [0.29, 0.717) is 11.5 Å². The average molecular weight is 284 g/mol. The Labute approximate surface area is 122 Å². The minimum Gasteiger partial charge on any atom is -0.493 e. The Balaban J connectivity index is 2.18. The van der Waals surface area contributed by atoms with Crippen LogP contribution in [-0.4, -0.2) is 35.9 Å². The number of nitrogens with one attached hydrogen (secondary N) is 1. The first kappa shape index (κ1) is 13.2. The molecule has 6 heteroatoms. The minimum atomic E-state index is 0.681. The van der Waals surface area contributed by atoms with Crippen molar-refractivity contribution < 1.29 is 9.47 Å². The number of fused-ring (bicyclic) bond motifs is 1. The van der Waals surface area contributed by atoms with Gasteiger partial charge >= 0.3 is 0 Å². The highest BCUT2D eigenvalue weighted by Gasteiger charge is 2.11. The third kappa shape index (κ3) is 2.24. The van der Waals surface area contributed by atoms with Crippen molar-refractivity contribution in [3.63, 3.8) is 0 Å². The van der Waals surface area contributed by atoms with E-state index in [4.69, 9.17) is 9.47 Å². The molecule has 0 radical (unpaired) electrons. The lowest BCUT2D eigenvalue weighted by Gasteiger charge is -2.10. The van der Waals surface area contributed by atoms with Crippen LogP contribution in [0.5, 0.6) is 11.5 Å². The first-order valence-electron chi connectivity index (χ1n) is 6.51. The first-order chi connectivity index (χ1) is 10.3. The van der Waals surface area contributed by atoms with E-state index in [1.165, 1.54) is 0 Å². The number of ether oxygens (including phenoxy) is 2. The van der Waals surface area contributed by atoms with Crippen LogP contribution in [0, 0.1) is 0 Å². The van der Waals surface area contributed by atoms with Crippen molar-refractivity contribution in [2.75, 3.05) is 26.6 Å². The van der Waals surface area contributed by atoms with Gasteiger partial charge in [0.15, 0.2) is 23.0 Å². The van der Waals surface area contributed by atoms with Crippen LogP contribution in [0.3, 0.4) is 0 Å². The summed E-state index contributed by atoms with van der Waals surface area (Å²) in [7, 11) is 5.07. The van der Waals surface area contributed by atoms with E-state index < -0.39 is 0 Å². The second kappa shape index (κ2) is 5.32. The maximum Gasteiger partial charge on any atom is 0.161 e. The molecule has 2 aromatic heterocycles. The summed E-state index contributed by atoms with van der Waals surface area (Å²) in [6, 6.07) is 9.58. The second-order valence-corrected chi connectivity index (χ2v) is 4.45. The summed E-state index contributed by atoms with van der Waals surface area (Å²) < 4.78 is 12.4. The van der Waals surface area contributed by atoms with Gasteiger partial charge in [0.05, 0.1) is 19.9 Å². The molecule has 108 valence electrons. The molecule has 0 saturated carbocycles. The normalized spacial score (nSPS) is 10.6. The predicted octanol–water partition coefficient (Wildman–Crippen LogP) is 2.46. The second-order valence-electron chi connectivity index (χ2n) is 4.45. The van der Waals surface area contributed by atoms with Crippen LogP contribution < -0.4 is 14.8 Å². The lowest BCUT2D eigenvalue weighted by molar-refractivity contribution is 0.355. The highest BCUT2D eigenvalue weighted by Crippen LogP contribution is 2.32. The zero-order chi connectivity index (χ0) is 14.8. The molecule has 2 heterocycles. The summed E-state index contributed by atoms with van der Waals surface area (Å²) in [5, 5.41) is 7.50. The summed E-state index contributed by atoms with van der Waals surface area (Å²) in [5.41, 5.74) is 2.69. The zero-order valence-corrected chi connectivity index (χ0v) is 12.1. The van der Waals surface area contributed by atoms with Crippen molar-refractivity contribution in [2.45, 2.75) is 0 Å². The molecule has 0 aliphatic rings. The molecule has 6 nitrogen and oxygen atoms in total. The minimum absolute atomic E-state index is 0.681. The SMILES string of the molecule is CNc1cc2nccc(-c3ccc(OC)c(OC)c3)n2n1. The number of hydrogen-bond donors (Lipinski definition) is 1. The number of aromatic nitrogens is 3. The summed E-state index contributed by atoms with van der Waals surface area (Å²) in [6.45, 7) is 0. The average Bonchev–Trinajstić information content (AvgIpc) is 2.97. The molecule has 0 aliphatic heterocycles. The molecule has 0 atom stereocenters. The van der Waals surface area contributed by atoms with Crippen LogP contribution in [0.1, 0.15) is 0 Å². The van der Waals surface area contributed by atoms with E-state index in [0.717, 1.165) is 22.7 Å². The van der Waals surface area contributed by atoms with Gasteiger partial charge in [0.25, 0.3) is 0 Å². The highest BCUT2D eigenvalue weighted by atomic mass is 16.5. The van der Waals surface area contributed by atoms with Gasteiger partial charge < -0.3 is 14.8 Å². The molecule has 0 saturated heterocycles. The standard InChI is InChI=1S/C15H16N4O2/c1-16-14-9-15-17-7-6-11(19(15)18-14)10-4-5-12(20-2)13(8-10)21-3/h4-9H,1-3H3,(H,16,18). The van der Waals surface area contributed by atoms with Gasteiger partial charge in [-0.15, -0.1) is 5.10 Å². The number of benzene rings is 1. The molecule has 3 rings (SSSR count). The van der Waals surface area contributed by atoms with Gasteiger partial charge in [-0.25, -0.2) is 9.50 Å². The van der Waals surface area contributed by atoms with Crippen molar-refractivity contribution in [3.05, 3.63) is 36.5 Å². The van der Waals surface area contributed by atoms with Gasteiger partial charge in [-0.1, -0.05) is 0 Å². The largest absolute Gasteiger partial charge is 0.493 e. The lowest BCUT2D eigenvalue weighted by Crippen LogP contribution is -1.97. The van der Waals surface area contributed by atoms with Crippen molar-refractivity contribution in [1.82, 2.24) is 14.6 Å². The number of hydrogen-bond acceptors (Lipinski definition) is 5. The van der Waals surface area contributed by atoms with E-state index in [9.17, 15) is 0 Å². The molecule has 0 aliphatic carbocycles. The third-order valence-electron chi connectivity index (χ3n) is 3.29. The highest BCUT2D eigenvalue weighted by molar-refractivity contribution is 5.67. The fourth-order valence-electron chi connectivity index (χ4n) is 2.23. The zero-order valence-electron chi connectivity index (χ0n) is 12.1. The quantitative estimate of drug-likeness (QED) is 0.797. The van der Waals surface area contributed by atoms with Gasteiger partial charge in [-0.3, -0.25) is 0 Å². The Hall–Kier alpha value is -2.76. The lowest BCUT2D eigenvalue weighted by atomic mass is 10.1. The van der Waals surface area contributed by atoms with Crippen molar-refractivity contribution in [1.29, 1.82) is 0 Å². The molecule has 0 spiro atoms. The predicted molar refractivity (Wildman–Crippen MR) is 81.1 cm³/mol. The van der Waals surface area contributed by atoms with Gasteiger partial charge in [0.1, 0.15) is 0 Å². The van der Waals surface area contributed by atoms with E-state index >= 15 is 0 Å². The van der Waals surface area contributed by atoms with Gasteiger partial charge in [0.2, 0.25) is 0 Å². The monoisotopic (exact) mass is 284 g/mol.